The lowest BCUT2D eigenvalue weighted by Gasteiger charge is -2.26. The molecule has 0 radical (unpaired) electrons. The Labute approximate surface area is 108 Å². The Morgan fingerprint density at radius 1 is 1.56 bits per heavy atom. The number of pyridine rings is 1. The summed E-state index contributed by atoms with van der Waals surface area (Å²) in [6, 6.07) is 3.29. The molecule has 4 heteroatoms. The van der Waals surface area contributed by atoms with Crippen molar-refractivity contribution in [3.05, 3.63) is 24.0 Å². The SMILES string of the molecule is CC1CCCC(CNC(=O)c2cc(N)ccn2)C1. The highest BCUT2D eigenvalue weighted by molar-refractivity contribution is 5.92. The summed E-state index contributed by atoms with van der Waals surface area (Å²) in [6.45, 7) is 3.03. The summed E-state index contributed by atoms with van der Waals surface area (Å²) in [5, 5.41) is 2.96. The summed E-state index contributed by atoms with van der Waals surface area (Å²) in [5.41, 5.74) is 6.61. The molecule has 2 atom stereocenters. The molecule has 18 heavy (non-hydrogen) atoms. The molecule has 3 N–H and O–H groups in total. The van der Waals surface area contributed by atoms with E-state index in [1.54, 1.807) is 18.3 Å². The molecule has 2 rings (SSSR count). The highest BCUT2D eigenvalue weighted by Gasteiger charge is 2.19. The van der Waals surface area contributed by atoms with Crippen LogP contribution in [0.3, 0.4) is 0 Å². The zero-order valence-corrected chi connectivity index (χ0v) is 10.9. The molecule has 1 amide bonds. The molecule has 4 nitrogen and oxygen atoms in total. The topological polar surface area (TPSA) is 68.0 Å². The average Bonchev–Trinajstić information content (AvgIpc) is 2.36. The van der Waals surface area contributed by atoms with Gasteiger partial charge in [0.15, 0.2) is 0 Å². The fourth-order valence-electron chi connectivity index (χ4n) is 2.64. The van der Waals surface area contributed by atoms with Crippen molar-refractivity contribution in [2.24, 2.45) is 11.8 Å². The van der Waals surface area contributed by atoms with Gasteiger partial charge in [0, 0.05) is 18.4 Å². The van der Waals surface area contributed by atoms with Gasteiger partial charge >= 0.3 is 0 Å². The Balaban J connectivity index is 1.84. The molecule has 1 aromatic rings. The van der Waals surface area contributed by atoms with Gasteiger partial charge in [-0.2, -0.15) is 0 Å². The van der Waals surface area contributed by atoms with Gasteiger partial charge in [0.1, 0.15) is 5.69 Å². The van der Waals surface area contributed by atoms with Crippen molar-refractivity contribution in [1.82, 2.24) is 10.3 Å². The number of hydrogen-bond donors (Lipinski definition) is 2. The highest BCUT2D eigenvalue weighted by atomic mass is 16.1. The molecule has 0 aromatic carbocycles. The molecular formula is C14H21N3O. The van der Waals surface area contributed by atoms with E-state index in [4.69, 9.17) is 5.73 Å². The first-order valence-electron chi connectivity index (χ1n) is 6.65. The number of anilines is 1. The van der Waals surface area contributed by atoms with Crippen molar-refractivity contribution >= 4 is 11.6 Å². The van der Waals surface area contributed by atoms with Gasteiger partial charge < -0.3 is 11.1 Å². The molecule has 0 bridgehead atoms. The van der Waals surface area contributed by atoms with Crippen molar-refractivity contribution in [3.63, 3.8) is 0 Å². The van der Waals surface area contributed by atoms with E-state index in [-0.39, 0.29) is 5.91 Å². The molecule has 1 aromatic heterocycles. The second-order valence-electron chi connectivity index (χ2n) is 5.32. The Hall–Kier alpha value is -1.58. The van der Waals surface area contributed by atoms with Gasteiger partial charge in [-0.3, -0.25) is 9.78 Å². The molecule has 1 aliphatic carbocycles. The molecule has 0 aliphatic heterocycles. The molecule has 98 valence electrons. The smallest absolute Gasteiger partial charge is 0.269 e. The monoisotopic (exact) mass is 247 g/mol. The van der Waals surface area contributed by atoms with Gasteiger partial charge in [-0.1, -0.05) is 19.8 Å². The van der Waals surface area contributed by atoms with Crippen LogP contribution in [0, 0.1) is 11.8 Å². The minimum Gasteiger partial charge on any atom is -0.399 e. The number of nitrogen functional groups attached to an aromatic ring is 1. The summed E-state index contributed by atoms with van der Waals surface area (Å²) >= 11 is 0. The second kappa shape index (κ2) is 5.85. The zero-order valence-electron chi connectivity index (χ0n) is 10.9. The van der Waals surface area contributed by atoms with Gasteiger partial charge in [-0.05, 0) is 36.8 Å². The summed E-state index contributed by atoms with van der Waals surface area (Å²) in [5.74, 6) is 1.27. The van der Waals surface area contributed by atoms with E-state index in [0.29, 0.717) is 17.3 Å². The maximum Gasteiger partial charge on any atom is 0.269 e. The van der Waals surface area contributed by atoms with E-state index in [2.05, 4.69) is 17.2 Å². The molecule has 1 aliphatic rings. The number of amides is 1. The molecular weight excluding hydrogens is 226 g/mol. The largest absolute Gasteiger partial charge is 0.399 e. The lowest BCUT2D eigenvalue weighted by molar-refractivity contribution is 0.0935. The number of nitrogens with one attached hydrogen (secondary N) is 1. The first kappa shape index (κ1) is 12.9. The second-order valence-corrected chi connectivity index (χ2v) is 5.32. The van der Waals surface area contributed by atoms with Gasteiger partial charge in [0.25, 0.3) is 5.91 Å². The summed E-state index contributed by atoms with van der Waals surface area (Å²) in [6.07, 6.45) is 6.59. The maximum atomic E-state index is 11.9. The fourth-order valence-corrected chi connectivity index (χ4v) is 2.64. The van der Waals surface area contributed by atoms with Crippen LogP contribution in [0.2, 0.25) is 0 Å². The van der Waals surface area contributed by atoms with E-state index >= 15 is 0 Å². The van der Waals surface area contributed by atoms with E-state index in [1.165, 1.54) is 25.7 Å². The predicted octanol–water partition coefficient (Wildman–Crippen LogP) is 2.22. The molecule has 1 fully saturated rings. The van der Waals surface area contributed by atoms with Gasteiger partial charge in [-0.15, -0.1) is 0 Å². The van der Waals surface area contributed by atoms with Crippen LogP contribution in [0.25, 0.3) is 0 Å². The van der Waals surface area contributed by atoms with Crippen LogP contribution in [-0.2, 0) is 0 Å². The number of hydrogen-bond acceptors (Lipinski definition) is 3. The Morgan fingerprint density at radius 3 is 3.11 bits per heavy atom. The third-order valence-corrected chi connectivity index (χ3v) is 3.61. The van der Waals surface area contributed by atoms with Gasteiger partial charge in [-0.25, -0.2) is 0 Å². The van der Waals surface area contributed by atoms with Crippen molar-refractivity contribution in [2.75, 3.05) is 12.3 Å². The molecule has 1 saturated carbocycles. The van der Waals surface area contributed by atoms with Crippen LogP contribution in [0.4, 0.5) is 5.69 Å². The lowest BCUT2D eigenvalue weighted by atomic mass is 9.82. The number of carbonyl (C=O) groups is 1. The summed E-state index contributed by atoms with van der Waals surface area (Å²) in [4.78, 5) is 15.9. The number of carbonyl (C=O) groups excluding carboxylic acids is 1. The van der Waals surface area contributed by atoms with Crippen LogP contribution < -0.4 is 11.1 Å². The first-order valence-corrected chi connectivity index (χ1v) is 6.65. The van der Waals surface area contributed by atoms with Gasteiger partial charge in [0.2, 0.25) is 0 Å². The van der Waals surface area contributed by atoms with E-state index in [0.717, 1.165) is 12.5 Å². The highest BCUT2D eigenvalue weighted by Crippen LogP contribution is 2.27. The molecule has 1 heterocycles. The lowest BCUT2D eigenvalue weighted by Crippen LogP contribution is -2.32. The van der Waals surface area contributed by atoms with Crippen molar-refractivity contribution in [2.45, 2.75) is 32.6 Å². The Kier molecular flexibility index (Phi) is 4.18. The van der Waals surface area contributed by atoms with Crippen LogP contribution in [0.5, 0.6) is 0 Å². The third-order valence-electron chi connectivity index (χ3n) is 3.61. The van der Waals surface area contributed by atoms with Crippen LogP contribution in [0.15, 0.2) is 18.3 Å². The zero-order chi connectivity index (χ0) is 13.0. The number of nitrogens with zero attached hydrogens (tertiary/aromatic N) is 1. The van der Waals surface area contributed by atoms with Crippen molar-refractivity contribution in [1.29, 1.82) is 0 Å². The fraction of sp³-hybridized carbons (Fsp3) is 0.571. The van der Waals surface area contributed by atoms with E-state index in [9.17, 15) is 4.79 Å². The Morgan fingerprint density at radius 2 is 2.39 bits per heavy atom. The van der Waals surface area contributed by atoms with Crippen LogP contribution >= 0.6 is 0 Å². The van der Waals surface area contributed by atoms with Crippen LogP contribution in [-0.4, -0.2) is 17.4 Å². The van der Waals surface area contributed by atoms with Crippen LogP contribution in [0.1, 0.15) is 43.1 Å². The summed E-state index contributed by atoms with van der Waals surface area (Å²) in [7, 11) is 0. The van der Waals surface area contributed by atoms with Crippen molar-refractivity contribution in [3.8, 4) is 0 Å². The average molecular weight is 247 g/mol. The minimum absolute atomic E-state index is 0.125. The molecule has 2 unspecified atom stereocenters. The Bertz CT molecular complexity index is 419. The third kappa shape index (κ3) is 3.45. The molecule has 0 spiro atoms. The maximum absolute atomic E-state index is 11.9. The van der Waals surface area contributed by atoms with E-state index in [1.807, 2.05) is 0 Å². The predicted molar refractivity (Wildman–Crippen MR) is 72.1 cm³/mol. The minimum atomic E-state index is -0.125. The van der Waals surface area contributed by atoms with E-state index < -0.39 is 0 Å². The standard InChI is InChI=1S/C14H21N3O/c1-10-3-2-4-11(7-10)9-17-14(18)13-8-12(15)5-6-16-13/h5-6,8,10-11H,2-4,7,9H2,1H3,(H2,15,16)(H,17,18). The quantitative estimate of drug-likeness (QED) is 0.860. The van der Waals surface area contributed by atoms with Crippen molar-refractivity contribution < 1.29 is 4.79 Å². The molecule has 0 saturated heterocycles. The normalized spacial score (nSPS) is 23.6. The number of aromatic nitrogens is 1. The summed E-state index contributed by atoms with van der Waals surface area (Å²) < 4.78 is 0. The number of nitrogens with two attached hydrogens (primary N) is 1. The first-order chi connectivity index (χ1) is 8.65. The number of rotatable bonds is 3. The van der Waals surface area contributed by atoms with Gasteiger partial charge in [0.05, 0.1) is 0 Å².